The van der Waals surface area contributed by atoms with Crippen LogP contribution in [0.25, 0.3) is 10.9 Å². The number of hydrogen-bond acceptors (Lipinski definition) is 3. The van der Waals surface area contributed by atoms with Crippen LogP contribution in [0.4, 0.5) is 0 Å². The molecule has 128 valence electrons. The lowest BCUT2D eigenvalue weighted by molar-refractivity contribution is -0.127. The maximum absolute atomic E-state index is 12.1. The zero-order chi connectivity index (χ0) is 17.8. The molecule has 0 saturated carbocycles. The van der Waals surface area contributed by atoms with Crippen LogP contribution in [0.1, 0.15) is 23.6 Å². The van der Waals surface area contributed by atoms with Crippen LogP contribution < -0.4 is 10.2 Å². The zero-order valence-corrected chi connectivity index (χ0v) is 14.5. The monoisotopic (exact) mass is 335 g/mol. The molecule has 5 nitrogen and oxygen atoms in total. The third-order valence-electron chi connectivity index (χ3n) is 4.16. The van der Waals surface area contributed by atoms with Gasteiger partial charge >= 0.3 is 0 Å². The lowest BCUT2D eigenvalue weighted by Crippen LogP contribution is -2.33. The summed E-state index contributed by atoms with van der Waals surface area (Å²) in [6.45, 7) is 5.75. The van der Waals surface area contributed by atoms with E-state index in [2.05, 4.69) is 15.5 Å². The third-order valence-corrected chi connectivity index (χ3v) is 4.16. The molecule has 3 aromatic rings. The van der Waals surface area contributed by atoms with Gasteiger partial charge in [0.1, 0.15) is 5.75 Å². The SMILES string of the molecule is Cc1ccc(OC(C)C(=O)N/N=C/c2c[nH]c3ccccc23)cc1C. The molecule has 1 unspecified atom stereocenters. The number of aryl methyl sites for hydroxylation is 2. The summed E-state index contributed by atoms with van der Waals surface area (Å²) in [5.41, 5.74) is 6.78. The van der Waals surface area contributed by atoms with Gasteiger partial charge in [-0.2, -0.15) is 5.10 Å². The molecule has 1 amide bonds. The van der Waals surface area contributed by atoms with Crippen molar-refractivity contribution in [1.29, 1.82) is 0 Å². The predicted molar refractivity (Wildman–Crippen MR) is 100 cm³/mol. The molecule has 1 heterocycles. The smallest absolute Gasteiger partial charge is 0.280 e. The first-order chi connectivity index (χ1) is 12.0. The molecule has 3 rings (SSSR count). The number of fused-ring (bicyclic) bond motifs is 1. The summed E-state index contributed by atoms with van der Waals surface area (Å²) < 4.78 is 5.68. The molecule has 5 heteroatoms. The molecule has 0 spiro atoms. The minimum absolute atomic E-state index is 0.297. The highest BCUT2D eigenvalue weighted by Crippen LogP contribution is 2.18. The summed E-state index contributed by atoms with van der Waals surface area (Å²) >= 11 is 0. The Labute approximate surface area is 146 Å². The van der Waals surface area contributed by atoms with Crippen LogP contribution in [0, 0.1) is 13.8 Å². The Kier molecular flexibility index (Phi) is 4.84. The van der Waals surface area contributed by atoms with Crippen molar-refractivity contribution in [2.75, 3.05) is 0 Å². The van der Waals surface area contributed by atoms with Gasteiger partial charge in [0.25, 0.3) is 5.91 Å². The van der Waals surface area contributed by atoms with E-state index in [0.29, 0.717) is 5.75 Å². The Morgan fingerprint density at radius 3 is 2.80 bits per heavy atom. The van der Waals surface area contributed by atoms with Crippen LogP contribution in [0.2, 0.25) is 0 Å². The molecular weight excluding hydrogens is 314 g/mol. The normalized spacial score (nSPS) is 12.4. The van der Waals surface area contributed by atoms with Crippen molar-refractivity contribution in [1.82, 2.24) is 10.4 Å². The van der Waals surface area contributed by atoms with Gasteiger partial charge in [0.2, 0.25) is 0 Å². The van der Waals surface area contributed by atoms with Crippen molar-refractivity contribution < 1.29 is 9.53 Å². The minimum atomic E-state index is -0.637. The van der Waals surface area contributed by atoms with Gasteiger partial charge < -0.3 is 9.72 Å². The fourth-order valence-corrected chi connectivity index (χ4v) is 2.50. The van der Waals surface area contributed by atoms with Crippen molar-refractivity contribution in [3.05, 3.63) is 65.4 Å². The second-order valence-corrected chi connectivity index (χ2v) is 6.03. The number of amides is 1. The third kappa shape index (κ3) is 3.88. The number of para-hydroxylation sites is 1. The van der Waals surface area contributed by atoms with Crippen LogP contribution in [-0.4, -0.2) is 23.2 Å². The number of carbonyl (C=O) groups excluding carboxylic acids is 1. The number of ether oxygens (including phenoxy) is 1. The first kappa shape index (κ1) is 16.8. The average molecular weight is 335 g/mol. The van der Waals surface area contributed by atoms with E-state index in [-0.39, 0.29) is 5.91 Å². The number of nitrogens with one attached hydrogen (secondary N) is 2. The largest absolute Gasteiger partial charge is 0.481 e. The Bertz CT molecular complexity index is 928. The average Bonchev–Trinajstić information content (AvgIpc) is 3.01. The summed E-state index contributed by atoms with van der Waals surface area (Å²) in [7, 11) is 0. The summed E-state index contributed by atoms with van der Waals surface area (Å²) in [6.07, 6.45) is 2.84. The maximum atomic E-state index is 12.1. The highest BCUT2D eigenvalue weighted by molar-refractivity contribution is 5.99. The molecule has 2 aromatic carbocycles. The number of hydrogen-bond donors (Lipinski definition) is 2. The van der Waals surface area contributed by atoms with Crippen LogP contribution in [-0.2, 0) is 4.79 Å². The van der Waals surface area contributed by atoms with Crippen molar-refractivity contribution in [3.63, 3.8) is 0 Å². The second-order valence-electron chi connectivity index (χ2n) is 6.03. The van der Waals surface area contributed by atoms with Gasteiger partial charge in [0.15, 0.2) is 6.10 Å². The van der Waals surface area contributed by atoms with E-state index in [4.69, 9.17) is 4.74 Å². The minimum Gasteiger partial charge on any atom is -0.481 e. The van der Waals surface area contributed by atoms with Gasteiger partial charge in [0.05, 0.1) is 6.21 Å². The molecule has 0 aliphatic heterocycles. The Hall–Kier alpha value is -3.08. The molecule has 0 bridgehead atoms. The van der Waals surface area contributed by atoms with Crippen LogP contribution in [0.5, 0.6) is 5.75 Å². The van der Waals surface area contributed by atoms with E-state index in [9.17, 15) is 4.79 Å². The Balaban J connectivity index is 1.60. The highest BCUT2D eigenvalue weighted by Gasteiger charge is 2.14. The summed E-state index contributed by atoms with van der Waals surface area (Å²) in [4.78, 5) is 15.3. The van der Waals surface area contributed by atoms with Crippen LogP contribution in [0.3, 0.4) is 0 Å². The van der Waals surface area contributed by atoms with Crippen molar-refractivity contribution in [3.8, 4) is 5.75 Å². The first-order valence-corrected chi connectivity index (χ1v) is 8.17. The van der Waals surface area contributed by atoms with Gasteiger partial charge in [-0.1, -0.05) is 24.3 Å². The van der Waals surface area contributed by atoms with Gasteiger partial charge in [-0.15, -0.1) is 0 Å². The topological polar surface area (TPSA) is 66.5 Å². The van der Waals surface area contributed by atoms with E-state index in [1.165, 1.54) is 5.56 Å². The molecule has 0 radical (unpaired) electrons. The number of hydrazone groups is 1. The quantitative estimate of drug-likeness (QED) is 0.551. The fourth-order valence-electron chi connectivity index (χ4n) is 2.50. The number of carbonyl (C=O) groups is 1. The standard InChI is InChI=1S/C20H21N3O2/c1-13-8-9-17(10-14(13)2)25-15(3)20(24)23-22-12-16-11-21-19-7-5-4-6-18(16)19/h4-12,15,21H,1-3H3,(H,23,24)/b22-12+. The number of benzene rings is 2. The summed E-state index contributed by atoms with van der Waals surface area (Å²) in [5.74, 6) is 0.376. The van der Waals surface area contributed by atoms with Gasteiger partial charge in [-0.25, -0.2) is 5.43 Å². The molecule has 0 saturated heterocycles. The van der Waals surface area contributed by atoms with E-state index >= 15 is 0 Å². The van der Waals surface area contributed by atoms with Crippen molar-refractivity contribution in [2.24, 2.45) is 5.10 Å². The molecular formula is C20H21N3O2. The van der Waals surface area contributed by atoms with E-state index in [1.54, 1.807) is 13.1 Å². The van der Waals surface area contributed by atoms with Crippen molar-refractivity contribution in [2.45, 2.75) is 26.9 Å². The summed E-state index contributed by atoms with van der Waals surface area (Å²) in [5, 5.41) is 5.09. The maximum Gasteiger partial charge on any atom is 0.280 e. The molecule has 25 heavy (non-hydrogen) atoms. The lowest BCUT2D eigenvalue weighted by atomic mass is 10.1. The molecule has 0 aliphatic carbocycles. The van der Waals surface area contributed by atoms with Gasteiger partial charge in [-0.05, 0) is 50.1 Å². The van der Waals surface area contributed by atoms with Crippen molar-refractivity contribution >= 4 is 23.0 Å². The van der Waals surface area contributed by atoms with E-state index < -0.39 is 6.10 Å². The Morgan fingerprint density at radius 2 is 2.00 bits per heavy atom. The van der Waals surface area contributed by atoms with Gasteiger partial charge in [0, 0.05) is 22.7 Å². The lowest BCUT2D eigenvalue weighted by Gasteiger charge is -2.14. The van der Waals surface area contributed by atoms with E-state index in [0.717, 1.165) is 22.0 Å². The number of rotatable bonds is 5. The Morgan fingerprint density at radius 1 is 1.20 bits per heavy atom. The number of aromatic amines is 1. The molecule has 0 fully saturated rings. The van der Waals surface area contributed by atoms with Gasteiger partial charge in [-0.3, -0.25) is 4.79 Å². The van der Waals surface area contributed by atoms with Crippen LogP contribution in [0.15, 0.2) is 53.8 Å². The fraction of sp³-hybridized carbons (Fsp3) is 0.200. The molecule has 2 N–H and O–H groups in total. The molecule has 0 aliphatic rings. The zero-order valence-electron chi connectivity index (χ0n) is 14.5. The second kappa shape index (κ2) is 7.21. The van der Waals surface area contributed by atoms with Crippen LogP contribution >= 0.6 is 0 Å². The highest BCUT2D eigenvalue weighted by atomic mass is 16.5. The number of H-pyrrole nitrogens is 1. The van der Waals surface area contributed by atoms with E-state index in [1.807, 2.05) is 62.5 Å². The molecule has 1 aromatic heterocycles. The first-order valence-electron chi connectivity index (χ1n) is 8.17. The summed E-state index contributed by atoms with van der Waals surface area (Å²) in [6, 6.07) is 13.7. The molecule has 1 atom stereocenters. The number of nitrogens with zero attached hydrogens (tertiary/aromatic N) is 1. The number of aromatic nitrogens is 1. The predicted octanol–water partition coefficient (Wildman–Crippen LogP) is 3.70.